The molecule has 0 spiro atoms. The number of fused-ring (bicyclic) bond motifs is 1. The van der Waals surface area contributed by atoms with Crippen LogP contribution in [0.15, 0.2) is 72.1 Å². The third kappa shape index (κ3) is 4.83. The maximum atomic E-state index is 12.7. The van der Waals surface area contributed by atoms with Crippen LogP contribution in [-0.4, -0.2) is 51.1 Å². The van der Waals surface area contributed by atoms with Gasteiger partial charge in [0.1, 0.15) is 17.1 Å². The summed E-state index contributed by atoms with van der Waals surface area (Å²) in [7, 11) is 1.60. The number of nitrogens with zero attached hydrogens (tertiary/aromatic N) is 4. The van der Waals surface area contributed by atoms with Gasteiger partial charge in [-0.2, -0.15) is 0 Å². The summed E-state index contributed by atoms with van der Waals surface area (Å²) in [4.78, 5) is 32.7. The fourth-order valence-corrected chi connectivity index (χ4v) is 3.68. The number of benzene rings is 1. The Bertz CT molecular complexity index is 1420. The molecule has 1 aromatic carbocycles. The number of aromatic nitrogens is 3. The molecule has 1 amide bonds. The van der Waals surface area contributed by atoms with Crippen molar-refractivity contribution in [2.24, 2.45) is 4.99 Å². The van der Waals surface area contributed by atoms with Crippen LogP contribution in [0.2, 0.25) is 0 Å². The van der Waals surface area contributed by atoms with Crippen molar-refractivity contribution in [3.63, 3.8) is 0 Å². The zero-order valence-corrected chi connectivity index (χ0v) is 18.9. The summed E-state index contributed by atoms with van der Waals surface area (Å²) in [5, 5.41) is 12.8. The van der Waals surface area contributed by atoms with Crippen LogP contribution in [0, 0.1) is 0 Å². The van der Waals surface area contributed by atoms with E-state index in [1.807, 2.05) is 41.8 Å². The van der Waals surface area contributed by atoms with Gasteiger partial charge in [-0.05, 0) is 43.3 Å². The molecule has 0 aliphatic heterocycles. The molecule has 174 valence electrons. The summed E-state index contributed by atoms with van der Waals surface area (Å²) >= 11 is 0. The van der Waals surface area contributed by atoms with Crippen LogP contribution in [0.1, 0.15) is 27.8 Å². The fraction of sp³-hybridized carbons (Fsp3) is 0.200. The molecule has 0 atom stereocenters. The van der Waals surface area contributed by atoms with Crippen molar-refractivity contribution in [2.45, 2.75) is 13.5 Å². The van der Waals surface area contributed by atoms with Crippen LogP contribution >= 0.6 is 0 Å². The Kier molecular flexibility index (Phi) is 6.72. The summed E-state index contributed by atoms with van der Waals surface area (Å²) in [6.07, 6.45) is 5.22. The van der Waals surface area contributed by atoms with Gasteiger partial charge in [0.15, 0.2) is 0 Å². The first-order chi connectivity index (χ1) is 16.5. The molecule has 9 heteroatoms. The van der Waals surface area contributed by atoms with Crippen LogP contribution in [0.4, 0.5) is 0 Å². The highest BCUT2D eigenvalue weighted by molar-refractivity contribution is 5.95. The summed E-state index contributed by atoms with van der Waals surface area (Å²) < 4.78 is 9.07. The van der Waals surface area contributed by atoms with E-state index in [4.69, 9.17) is 4.74 Å². The average Bonchev–Trinajstić information content (AvgIpc) is 3.27. The molecule has 0 saturated heterocycles. The lowest BCUT2D eigenvalue weighted by molar-refractivity contribution is 0.0684. The Morgan fingerprint density at radius 1 is 1.15 bits per heavy atom. The second-order valence-electron chi connectivity index (χ2n) is 7.50. The lowest BCUT2D eigenvalue weighted by Crippen LogP contribution is -2.29. The highest BCUT2D eigenvalue weighted by Crippen LogP contribution is 2.25. The first-order valence-electron chi connectivity index (χ1n) is 10.9. The molecular formula is C25H25N5O4. The van der Waals surface area contributed by atoms with Gasteiger partial charge in [-0.15, -0.1) is 0 Å². The van der Waals surface area contributed by atoms with Crippen molar-refractivity contribution in [2.75, 3.05) is 20.2 Å². The number of imidazole rings is 1. The molecule has 0 saturated carbocycles. The van der Waals surface area contributed by atoms with E-state index in [1.54, 1.807) is 42.2 Å². The molecule has 34 heavy (non-hydrogen) atoms. The van der Waals surface area contributed by atoms with Crippen LogP contribution in [0.25, 0.3) is 16.9 Å². The van der Waals surface area contributed by atoms with Crippen molar-refractivity contribution < 1.29 is 19.4 Å². The molecule has 0 fully saturated rings. The van der Waals surface area contributed by atoms with Crippen molar-refractivity contribution >= 4 is 17.5 Å². The molecule has 0 unspecified atom stereocenters. The molecule has 3 heterocycles. The Morgan fingerprint density at radius 2 is 2.00 bits per heavy atom. The normalized spacial score (nSPS) is 11.5. The predicted octanol–water partition coefficient (Wildman–Crippen LogP) is 2.86. The molecule has 0 aliphatic carbocycles. The van der Waals surface area contributed by atoms with Crippen LogP contribution in [0.5, 0.6) is 5.75 Å². The van der Waals surface area contributed by atoms with Gasteiger partial charge in [0.05, 0.1) is 23.9 Å². The zero-order valence-electron chi connectivity index (χ0n) is 18.9. The number of aromatic carboxylic acids is 1. The number of carboxylic acid groups (broad SMARTS) is 1. The SMILES string of the molecule is CCOc1cccc(-c2cnc3cc(C(=O)NCCn4ccc(=NC)cc4C(=O)O)ccn23)c1. The molecule has 0 radical (unpaired) electrons. The van der Waals surface area contributed by atoms with Gasteiger partial charge in [0.2, 0.25) is 0 Å². The van der Waals surface area contributed by atoms with Crippen molar-refractivity contribution in [3.8, 4) is 17.0 Å². The van der Waals surface area contributed by atoms with Gasteiger partial charge in [-0.3, -0.25) is 14.2 Å². The van der Waals surface area contributed by atoms with Gasteiger partial charge < -0.3 is 19.7 Å². The highest BCUT2D eigenvalue weighted by atomic mass is 16.5. The quantitative estimate of drug-likeness (QED) is 0.421. The van der Waals surface area contributed by atoms with Gasteiger partial charge in [0, 0.05) is 43.7 Å². The number of carboxylic acids is 1. The number of carbonyl (C=O) groups is 2. The van der Waals surface area contributed by atoms with E-state index in [2.05, 4.69) is 15.3 Å². The number of pyridine rings is 2. The van der Waals surface area contributed by atoms with Crippen LogP contribution in [0.3, 0.4) is 0 Å². The molecule has 2 N–H and O–H groups in total. The third-order valence-corrected chi connectivity index (χ3v) is 5.35. The molecule has 0 bridgehead atoms. The minimum absolute atomic E-state index is 0.108. The van der Waals surface area contributed by atoms with E-state index < -0.39 is 5.97 Å². The minimum atomic E-state index is -1.05. The van der Waals surface area contributed by atoms with Crippen LogP contribution < -0.4 is 15.4 Å². The van der Waals surface area contributed by atoms with Gasteiger partial charge in [0.25, 0.3) is 5.91 Å². The molecule has 3 aromatic heterocycles. The maximum Gasteiger partial charge on any atom is 0.352 e. The second kappa shape index (κ2) is 10.0. The standard InChI is InChI=1S/C25H25N5O4/c1-3-34-20-6-4-5-17(13-20)22-16-28-23-14-18(7-11-30(22)23)24(31)27-9-12-29-10-8-19(26-2)15-21(29)25(32)33/h4-8,10-11,13-16H,3,9,12H2,1-2H3,(H,27,31)(H,32,33). The smallest absolute Gasteiger partial charge is 0.352 e. The minimum Gasteiger partial charge on any atom is -0.494 e. The molecule has 4 rings (SSSR count). The summed E-state index contributed by atoms with van der Waals surface area (Å²) in [5.41, 5.74) is 3.08. The van der Waals surface area contributed by atoms with E-state index in [0.29, 0.717) is 29.7 Å². The number of amides is 1. The number of ether oxygens (including phenoxy) is 1. The first-order valence-corrected chi connectivity index (χ1v) is 10.9. The largest absolute Gasteiger partial charge is 0.494 e. The van der Waals surface area contributed by atoms with Crippen molar-refractivity contribution in [3.05, 3.63) is 83.7 Å². The number of hydrogen-bond acceptors (Lipinski definition) is 5. The van der Waals surface area contributed by atoms with Gasteiger partial charge in [-0.25, -0.2) is 9.78 Å². The lowest BCUT2D eigenvalue weighted by Gasteiger charge is -2.12. The molecular weight excluding hydrogens is 434 g/mol. The van der Waals surface area contributed by atoms with Crippen LogP contribution in [-0.2, 0) is 6.54 Å². The second-order valence-corrected chi connectivity index (χ2v) is 7.50. The molecule has 0 aliphatic rings. The zero-order chi connectivity index (χ0) is 24.1. The predicted molar refractivity (Wildman–Crippen MR) is 127 cm³/mol. The highest BCUT2D eigenvalue weighted by Gasteiger charge is 2.12. The Labute approximate surface area is 196 Å². The lowest BCUT2D eigenvalue weighted by atomic mass is 10.1. The monoisotopic (exact) mass is 459 g/mol. The maximum absolute atomic E-state index is 12.7. The average molecular weight is 460 g/mol. The number of hydrogen-bond donors (Lipinski definition) is 2. The number of nitrogens with one attached hydrogen (secondary N) is 1. The fourth-order valence-electron chi connectivity index (χ4n) is 3.68. The van der Waals surface area contributed by atoms with E-state index in [0.717, 1.165) is 17.0 Å². The van der Waals surface area contributed by atoms with Gasteiger partial charge in [-0.1, -0.05) is 12.1 Å². The van der Waals surface area contributed by atoms with E-state index in [1.165, 1.54) is 6.07 Å². The summed E-state index contributed by atoms with van der Waals surface area (Å²) in [6, 6.07) is 14.4. The van der Waals surface area contributed by atoms with Crippen molar-refractivity contribution in [1.29, 1.82) is 0 Å². The van der Waals surface area contributed by atoms with E-state index >= 15 is 0 Å². The van der Waals surface area contributed by atoms with E-state index in [9.17, 15) is 14.7 Å². The third-order valence-electron chi connectivity index (χ3n) is 5.35. The van der Waals surface area contributed by atoms with Gasteiger partial charge >= 0.3 is 5.97 Å². The summed E-state index contributed by atoms with van der Waals surface area (Å²) in [6.45, 7) is 3.10. The summed E-state index contributed by atoms with van der Waals surface area (Å²) in [5.74, 6) is -0.527. The van der Waals surface area contributed by atoms with Crippen molar-refractivity contribution in [1.82, 2.24) is 19.3 Å². The first kappa shape index (κ1) is 22.8. The Balaban J connectivity index is 1.47. The molecule has 9 nitrogen and oxygen atoms in total. The Hall–Kier alpha value is -4.40. The number of rotatable bonds is 8. The topological polar surface area (TPSA) is 110 Å². The molecule has 4 aromatic rings. The van der Waals surface area contributed by atoms with E-state index in [-0.39, 0.29) is 18.1 Å². The number of carbonyl (C=O) groups excluding carboxylic acids is 1. The Morgan fingerprint density at radius 3 is 2.76 bits per heavy atom.